The summed E-state index contributed by atoms with van der Waals surface area (Å²) in [7, 11) is -3.94. The second kappa shape index (κ2) is 9.84. The molecule has 0 bridgehead atoms. The predicted molar refractivity (Wildman–Crippen MR) is 121 cm³/mol. The van der Waals surface area contributed by atoms with Crippen LogP contribution in [0.2, 0.25) is 5.02 Å². The Labute approximate surface area is 190 Å². The number of hydrogen-bond donors (Lipinski definition) is 3. The topological polar surface area (TPSA) is 122 Å². The highest BCUT2D eigenvalue weighted by atomic mass is 35.5. The Balaban J connectivity index is 1.59. The number of benzene rings is 2. The third-order valence-corrected chi connectivity index (χ3v) is 6.07. The Kier molecular flexibility index (Phi) is 7.16. The highest BCUT2D eigenvalue weighted by Gasteiger charge is 2.17. The van der Waals surface area contributed by atoms with Crippen molar-refractivity contribution in [3.8, 4) is 0 Å². The number of aromatic nitrogens is 2. The summed E-state index contributed by atoms with van der Waals surface area (Å²) in [6, 6.07) is 13.6. The summed E-state index contributed by atoms with van der Waals surface area (Å²) in [6.45, 7) is 4.12. The Morgan fingerprint density at radius 2 is 1.78 bits per heavy atom. The average Bonchev–Trinajstić information content (AvgIpc) is 3.07. The fraction of sp³-hybridized carbons (Fsp3) is 0.190. The lowest BCUT2D eigenvalue weighted by atomic mass is 10.2. The lowest BCUT2D eigenvalue weighted by molar-refractivity contribution is -0.122. The largest absolute Gasteiger partial charge is 0.280 e. The van der Waals surface area contributed by atoms with Crippen LogP contribution in [0.15, 0.2) is 59.5 Å². The minimum absolute atomic E-state index is 0.0674. The molecule has 0 radical (unpaired) electrons. The Morgan fingerprint density at radius 3 is 2.47 bits per heavy atom. The fourth-order valence-corrected chi connectivity index (χ4v) is 4.23. The van der Waals surface area contributed by atoms with E-state index < -0.39 is 21.8 Å². The number of carbonyl (C=O) groups excluding carboxylic acids is 2. The smallest absolute Gasteiger partial charge is 0.269 e. The van der Waals surface area contributed by atoms with E-state index in [0.717, 1.165) is 11.4 Å². The number of halogens is 1. The van der Waals surface area contributed by atoms with Gasteiger partial charge in [-0.05, 0) is 56.3 Å². The molecule has 0 saturated heterocycles. The van der Waals surface area contributed by atoms with Crippen molar-refractivity contribution in [1.29, 1.82) is 0 Å². The first-order valence-corrected chi connectivity index (χ1v) is 11.5. The summed E-state index contributed by atoms with van der Waals surface area (Å²) in [5.74, 6) is -1.05. The van der Waals surface area contributed by atoms with Crippen molar-refractivity contribution in [1.82, 2.24) is 20.6 Å². The molecular weight excluding hydrogens is 454 g/mol. The summed E-state index contributed by atoms with van der Waals surface area (Å²) in [6.07, 6.45) is 0.111. The number of nitrogens with zero attached hydrogens (tertiary/aromatic N) is 2. The first-order chi connectivity index (χ1) is 15.1. The van der Waals surface area contributed by atoms with E-state index in [1.807, 2.05) is 19.9 Å². The third-order valence-electron chi connectivity index (χ3n) is 4.45. The molecule has 1 heterocycles. The van der Waals surface area contributed by atoms with Gasteiger partial charge in [-0.1, -0.05) is 23.7 Å². The van der Waals surface area contributed by atoms with Gasteiger partial charge in [0.15, 0.2) is 0 Å². The Hall–Kier alpha value is -3.37. The standard InChI is InChI=1S/C21H22ClN5O4S/c1-14-11-15(2)27(25-14)10-9-20(28)23-24-21(29)16-5-3-8-19(12-16)32(30,31)26-18-7-4-6-17(22)13-18/h3-8,11-13,26H,9-10H2,1-2H3,(H,23,28)(H,24,29). The molecule has 2 aromatic carbocycles. The van der Waals surface area contributed by atoms with Crippen molar-refractivity contribution in [3.05, 3.63) is 76.6 Å². The predicted octanol–water partition coefficient (Wildman–Crippen LogP) is 2.81. The van der Waals surface area contributed by atoms with Gasteiger partial charge < -0.3 is 0 Å². The van der Waals surface area contributed by atoms with E-state index in [4.69, 9.17) is 11.6 Å². The molecule has 3 rings (SSSR count). The fourth-order valence-electron chi connectivity index (χ4n) is 2.94. The van der Waals surface area contributed by atoms with Gasteiger partial charge in [0.1, 0.15) is 0 Å². The number of hydrazine groups is 1. The van der Waals surface area contributed by atoms with Gasteiger partial charge in [0.05, 0.1) is 22.8 Å². The van der Waals surface area contributed by atoms with Crippen molar-refractivity contribution in [2.75, 3.05) is 4.72 Å². The Bertz CT molecular complexity index is 1260. The number of anilines is 1. The molecule has 0 aliphatic rings. The molecule has 0 aliphatic carbocycles. The van der Waals surface area contributed by atoms with Crippen molar-refractivity contribution in [3.63, 3.8) is 0 Å². The summed E-state index contributed by atoms with van der Waals surface area (Å²) in [4.78, 5) is 24.3. The molecule has 11 heteroatoms. The van der Waals surface area contributed by atoms with Crippen molar-refractivity contribution >= 4 is 39.1 Å². The highest BCUT2D eigenvalue weighted by Crippen LogP contribution is 2.20. The first-order valence-electron chi connectivity index (χ1n) is 9.63. The van der Waals surface area contributed by atoms with Crippen LogP contribution >= 0.6 is 11.6 Å². The minimum atomic E-state index is -3.94. The van der Waals surface area contributed by atoms with Gasteiger partial charge in [-0.2, -0.15) is 5.10 Å². The van der Waals surface area contributed by atoms with E-state index >= 15 is 0 Å². The average molecular weight is 476 g/mol. The van der Waals surface area contributed by atoms with Crippen molar-refractivity contribution in [2.45, 2.75) is 31.7 Å². The van der Waals surface area contributed by atoms with Gasteiger partial charge >= 0.3 is 0 Å². The van der Waals surface area contributed by atoms with Crippen LogP contribution in [0.4, 0.5) is 5.69 Å². The number of carbonyl (C=O) groups is 2. The van der Waals surface area contributed by atoms with Crippen LogP contribution in [0.3, 0.4) is 0 Å². The minimum Gasteiger partial charge on any atom is -0.280 e. The monoisotopic (exact) mass is 475 g/mol. The van der Waals surface area contributed by atoms with Crippen LogP contribution in [0.25, 0.3) is 0 Å². The highest BCUT2D eigenvalue weighted by molar-refractivity contribution is 7.92. The van der Waals surface area contributed by atoms with E-state index in [1.54, 1.807) is 22.9 Å². The van der Waals surface area contributed by atoms with Crippen LogP contribution in [0.1, 0.15) is 28.2 Å². The molecule has 0 spiro atoms. The molecule has 168 valence electrons. The number of sulfonamides is 1. The molecule has 0 saturated carbocycles. The maximum Gasteiger partial charge on any atom is 0.269 e. The maximum absolute atomic E-state index is 12.6. The maximum atomic E-state index is 12.6. The lowest BCUT2D eigenvalue weighted by Crippen LogP contribution is -2.42. The molecule has 2 amide bonds. The van der Waals surface area contributed by atoms with Gasteiger partial charge in [-0.15, -0.1) is 0 Å². The van der Waals surface area contributed by atoms with Gasteiger partial charge in [0, 0.05) is 22.7 Å². The molecule has 0 atom stereocenters. The summed E-state index contributed by atoms with van der Waals surface area (Å²) in [5.41, 5.74) is 6.76. The molecule has 0 aliphatic heterocycles. The quantitative estimate of drug-likeness (QED) is 0.453. The number of amides is 2. The van der Waals surface area contributed by atoms with E-state index in [1.165, 1.54) is 30.3 Å². The van der Waals surface area contributed by atoms with Gasteiger partial charge in [0.25, 0.3) is 15.9 Å². The van der Waals surface area contributed by atoms with E-state index in [9.17, 15) is 18.0 Å². The zero-order valence-electron chi connectivity index (χ0n) is 17.4. The normalized spacial score (nSPS) is 11.1. The molecule has 9 nitrogen and oxygen atoms in total. The molecular formula is C21H22ClN5O4S. The lowest BCUT2D eigenvalue weighted by Gasteiger charge is -2.11. The second-order valence-electron chi connectivity index (χ2n) is 7.05. The molecule has 0 unspecified atom stereocenters. The van der Waals surface area contributed by atoms with Crippen LogP contribution in [0, 0.1) is 13.8 Å². The molecule has 0 fully saturated rings. The van der Waals surface area contributed by atoms with Crippen molar-refractivity contribution < 1.29 is 18.0 Å². The summed E-state index contributed by atoms with van der Waals surface area (Å²) in [5, 5.41) is 4.65. The third kappa shape index (κ3) is 6.08. The van der Waals surface area contributed by atoms with Gasteiger partial charge in [-0.25, -0.2) is 8.42 Å². The summed E-state index contributed by atoms with van der Waals surface area (Å²) >= 11 is 5.89. The van der Waals surface area contributed by atoms with Crippen LogP contribution in [0.5, 0.6) is 0 Å². The Morgan fingerprint density at radius 1 is 1.03 bits per heavy atom. The van der Waals surface area contributed by atoms with E-state index in [2.05, 4.69) is 20.7 Å². The second-order valence-corrected chi connectivity index (χ2v) is 9.17. The van der Waals surface area contributed by atoms with Gasteiger partial charge in [0.2, 0.25) is 5.91 Å². The van der Waals surface area contributed by atoms with Gasteiger partial charge in [-0.3, -0.25) is 29.8 Å². The van der Waals surface area contributed by atoms with Crippen LogP contribution in [-0.2, 0) is 21.4 Å². The number of nitrogens with one attached hydrogen (secondary N) is 3. The van der Waals surface area contributed by atoms with E-state index in [0.29, 0.717) is 17.3 Å². The van der Waals surface area contributed by atoms with E-state index in [-0.39, 0.29) is 16.9 Å². The molecule has 32 heavy (non-hydrogen) atoms. The zero-order valence-corrected chi connectivity index (χ0v) is 19.0. The SMILES string of the molecule is Cc1cc(C)n(CCC(=O)NNC(=O)c2cccc(S(=O)(=O)Nc3cccc(Cl)c3)c2)n1. The number of rotatable bonds is 7. The first kappa shape index (κ1) is 23.3. The number of aryl methyl sites for hydroxylation is 3. The van der Waals surface area contributed by atoms with Crippen LogP contribution in [-0.4, -0.2) is 30.0 Å². The van der Waals surface area contributed by atoms with Crippen molar-refractivity contribution in [2.24, 2.45) is 0 Å². The van der Waals surface area contributed by atoms with Crippen LogP contribution < -0.4 is 15.6 Å². The zero-order chi connectivity index (χ0) is 23.3. The molecule has 3 N–H and O–H groups in total. The summed E-state index contributed by atoms with van der Waals surface area (Å²) < 4.78 is 29.4. The molecule has 3 aromatic rings. The molecule has 1 aromatic heterocycles. The number of hydrogen-bond acceptors (Lipinski definition) is 5.